The monoisotopic (exact) mass is 391 g/mol. The molecule has 0 saturated carbocycles. The number of hydrogen-bond donors (Lipinski definition) is 4. The van der Waals surface area contributed by atoms with Crippen molar-refractivity contribution in [1.82, 2.24) is 9.97 Å². The Balaban J connectivity index is 0.000000203. The van der Waals surface area contributed by atoms with Gasteiger partial charge in [0.1, 0.15) is 5.82 Å². The lowest BCUT2D eigenvalue weighted by Gasteiger charge is -1.97. The van der Waals surface area contributed by atoms with Crippen molar-refractivity contribution >= 4 is 46.8 Å². The van der Waals surface area contributed by atoms with Gasteiger partial charge in [0.2, 0.25) is 0 Å². The van der Waals surface area contributed by atoms with Gasteiger partial charge in [-0.05, 0) is 31.2 Å². The number of benzene rings is 2. The SMILES string of the molecule is CCOC(=N)CP.Nc1ccccc1N.PCc1nc2ccccc2[nH]1. The highest BCUT2D eigenvalue weighted by Crippen LogP contribution is 2.11. The zero-order valence-corrected chi connectivity index (χ0v) is 17.2. The van der Waals surface area contributed by atoms with Crippen LogP contribution >= 0.6 is 18.5 Å². The Morgan fingerprint density at radius 1 is 1.08 bits per heavy atom. The fourth-order valence-corrected chi connectivity index (χ4v) is 2.16. The van der Waals surface area contributed by atoms with E-state index in [0.29, 0.717) is 30.0 Å². The predicted octanol–water partition coefficient (Wildman–Crippen LogP) is 3.66. The largest absolute Gasteiger partial charge is 0.481 e. The Morgan fingerprint density at radius 3 is 2.08 bits per heavy atom. The summed E-state index contributed by atoms with van der Waals surface area (Å²) in [6, 6.07) is 15.3. The van der Waals surface area contributed by atoms with E-state index in [1.165, 1.54) is 0 Å². The summed E-state index contributed by atoms with van der Waals surface area (Å²) in [5.41, 5.74) is 14.2. The zero-order valence-electron chi connectivity index (χ0n) is 14.9. The first kappa shape index (κ1) is 21.9. The van der Waals surface area contributed by atoms with Crippen LogP contribution in [0.4, 0.5) is 11.4 Å². The van der Waals surface area contributed by atoms with Crippen LogP contribution in [0, 0.1) is 5.41 Å². The van der Waals surface area contributed by atoms with Gasteiger partial charge in [-0.25, -0.2) is 4.98 Å². The number of rotatable bonds is 3. The molecule has 0 fully saturated rings. The molecule has 0 amide bonds. The van der Waals surface area contributed by atoms with E-state index < -0.39 is 0 Å². The van der Waals surface area contributed by atoms with Gasteiger partial charge in [0.05, 0.1) is 29.0 Å². The average molecular weight is 391 g/mol. The minimum atomic E-state index is 0.340. The number of aromatic nitrogens is 2. The van der Waals surface area contributed by atoms with Crippen LogP contribution in [0.5, 0.6) is 0 Å². The first-order valence-corrected chi connectivity index (χ1v) is 9.79. The summed E-state index contributed by atoms with van der Waals surface area (Å²) in [6.07, 6.45) is 1.50. The molecule has 3 rings (SSSR count). The number of ether oxygens (including phenoxy) is 1. The van der Waals surface area contributed by atoms with Crippen LogP contribution in [0.25, 0.3) is 11.0 Å². The molecular formula is C18H27N5OP2. The number of H-pyrrole nitrogens is 1. The molecule has 0 aliphatic carbocycles. The van der Waals surface area contributed by atoms with E-state index in [1.54, 1.807) is 12.1 Å². The van der Waals surface area contributed by atoms with Gasteiger partial charge < -0.3 is 21.2 Å². The van der Waals surface area contributed by atoms with Crippen molar-refractivity contribution in [3.8, 4) is 0 Å². The number of imidazole rings is 1. The molecule has 0 aliphatic rings. The number of nitrogens with two attached hydrogens (primary N) is 2. The molecule has 8 heteroatoms. The average Bonchev–Trinajstić information content (AvgIpc) is 3.09. The Hall–Kier alpha value is -2.16. The fraction of sp³-hybridized carbons (Fsp3) is 0.222. The van der Waals surface area contributed by atoms with E-state index in [-0.39, 0.29) is 0 Å². The highest BCUT2D eigenvalue weighted by Gasteiger charge is 1.97. The molecule has 1 heterocycles. The molecule has 0 radical (unpaired) electrons. The lowest BCUT2D eigenvalue weighted by atomic mass is 10.3. The van der Waals surface area contributed by atoms with Crippen molar-refractivity contribution in [3.05, 3.63) is 54.4 Å². The van der Waals surface area contributed by atoms with E-state index in [9.17, 15) is 0 Å². The smallest absolute Gasteiger partial charge is 0.184 e. The third-order valence-corrected chi connectivity index (χ3v) is 3.89. The first-order valence-electron chi connectivity index (χ1n) is 8.15. The van der Waals surface area contributed by atoms with Gasteiger partial charge in [0.15, 0.2) is 5.90 Å². The summed E-state index contributed by atoms with van der Waals surface area (Å²) >= 11 is 0. The number of para-hydroxylation sites is 4. The highest BCUT2D eigenvalue weighted by molar-refractivity contribution is 7.18. The molecule has 2 unspecified atom stereocenters. The molecule has 0 spiro atoms. The van der Waals surface area contributed by atoms with Crippen molar-refractivity contribution in [2.75, 3.05) is 24.2 Å². The maximum atomic E-state index is 6.89. The molecule has 26 heavy (non-hydrogen) atoms. The Labute approximate surface area is 159 Å². The van der Waals surface area contributed by atoms with Gasteiger partial charge in [-0.1, -0.05) is 24.3 Å². The van der Waals surface area contributed by atoms with E-state index in [0.717, 1.165) is 23.0 Å². The van der Waals surface area contributed by atoms with Gasteiger partial charge >= 0.3 is 0 Å². The lowest BCUT2D eigenvalue weighted by molar-refractivity contribution is 0.322. The van der Waals surface area contributed by atoms with Crippen molar-refractivity contribution in [3.63, 3.8) is 0 Å². The van der Waals surface area contributed by atoms with E-state index >= 15 is 0 Å². The predicted molar refractivity (Wildman–Crippen MR) is 119 cm³/mol. The number of anilines is 2. The van der Waals surface area contributed by atoms with Crippen LogP contribution in [0.1, 0.15) is 12.7 Å². The summed E-state index contributed by atoms with van der Waals surface area (Å²) in [4.78, 5) is 7.57. The van der Waals surface area contributed by atoms with Gasteiger partial charge in [-0.15, -0.1) is 18.5 Å². The lowest BCUT2D eigenvalue weighted by Crippen LogP contribution is -2.02. The summed E-state index contributed by atoms with van der Waals surface area (Å²) in [6.45, 7) is 2.47. The van der Waals surface area contributed by atoms with Crippen molar-refractivity contribution in [1.29, 1.82) is 5.41 Å². The molecule has 0 bridgehead atoms. The topological polar surface area (TPSA) is 114 Å². The molecular weight excluding hydrogens is 364 g/mol. The number of nitrogens with zero attached hydrogens (tertiary/aromatic N) is 1. The molecule has 1 aromatic heterocycles. The van der Waals surface area contributed by atoms with E-state index in [4.69, 9.17) is 21.6 Å². The normalized spacial score (nSPS) is 9.50. The molecule has 0 aliphatic heterocycles. The van der Waals surface area contributed by atoms with Crippen molar-refractivity contribution in [2.45, 2.75) is 13.1 Å². The second-order valence-electron chi connectivity index (χ2n) is 5.09. The van der Waals surface area contributed by atoms with Crippen LogP contribution in [0.15, 0.2) is 48.5 Å². The standard InChI is InChI=1S/C8H9N2P.C6H8N2.C4H10NOP/c11-5-8-9-6-3-1-2-4-7(6)10-8;7-5-3-1-2-4-6(5)8;1-2-6-4(5)3-7/h1-4H,5,11H2,(H,9,10);1-4H,7-8H2;5H,2-3,7H2,1H3. The number of fused-ring (bicyclic) bond motifs is 1. The van der Waals surface area contributed by atoms with Gasteiger partial charge in [0.25, 0.3) is 0 Å². The molecule has 2 atom stereocenters. The Kier molecular flexibility index (Phi) is 10.3. The minimum absolute atomic E-state index is 0.340. The summed E-state index contributed by atoms with van der Waals surface area (Å²) in [5.74, 6) is 1.36. The third-order valence-electron chi connectivity index (χ3n) is 3.13. The van der Waals surface area contributed by atoms with Gasteiger partial charge in [-0.3, -0.25) is 5.41 Å². The third kappa shape index (κ3) is 7.81. The molecule has 3 aromatic rings. The number of hydrogen-bond acceptors (Lipinski definition) is 5. The molecule has 0 saturated heterocycles. The highest BCUT2D eigenvalue weighted by atomic mass is 31.0. The maximum absolute atomic E-state index is 6.89. The fourth-order valence-electron chi connectivity index (χ4n) is 1.85. The number of nitrogens with one attached hydrogen (secondary N) is 2. The van der Waals surface area contributed by atoms with Gasteiger partial charge in [-0.2, -0.15) is 0 Å². The Bertz CT molecular complexity index is 753. The first-order chi connectivity index (χ1) is 12.5. The van der Waals surface area contributed by atoms with E-state index in [2.05, 4.69) is 28.4 Å². The molecule has 6 nitrogen and oxygen atoms in total. The maximum Gasteiger partial charge on any atom is 0.184 e. The van der Waals surface area contributed by atoms with Gasteiger partial charge in [0, 0.05) is 12.3 Å². The summed E-state index contributed by atoms with van der Waals surface area (Å²) < 4.78 is 4.75. The van der Waals surface area contributed by atoms with Crippen molar-refractivity contribution in [2.24, 2.45) is 0 Å². The zero-order chi connectivity index (χ0) is 19.4. The van der Waals surface area contributed by atoms with Crippen LogP contribution in [-0.2, 0) is 10.9 Å². The van der Waals surface area contributed by atoms with Crippen LogP contribution in [0.2, 0.25) is 0 Å². The van der Waals surface area contributed by atoms with Crippen molar-refractivity contribution < 1.29 is 4.74 Å². The summed E-state index contributed by atoms with van der Waals surface area (Å²) in [5, 5.41) is 6.89. The Morgan fingerprint density at radius 2 is 1.65 bits per heavy atom. The molecule has 140 valence electrons. The van der Waals surface area contributed by atoms with Crippen LogP contribution in [-0.4, -0.2) is 28.6 Å². The van der Waals surface area contributed by atoms with E-state index in [1.807, 2.05) is 43.3 Å². The molecule has 6 N–H and O–H groups in total. The second-order valence-corrected chi connectivity index (χ2v) is 5.91. The second kappa shape index (κ2) is 12.2. The van der Waals surface area contributed by atoms with Crippen LogP contribution in [0.3, 0.4) is 0 Å². The molecule has 2 aromatic carbocycles. The quantitative estimate of drug-likeness (QED) is 0.236. The van der Waals surface area contributed by atoms with Crippen LogP contribution < -0.4 is 11.5 Å². The number of aromatic amines is 1. The minimum Gasteiger partial charge on any atom is -0.481 e. The summed E-state index contributed by atoms with van der Waals surface area (Å²) in [7, 11) is 5.07. The number of nitrogen functional groups attached to an aromatic ring is 2.